The fourth-order valence-corrected chi connectivity index (χ4v) is 2.13. The molecule has 0 aliphatic carbocycles. The molecule has 0 radical (unpaired) electrons. The summed E-state index contributed by atoms with van der Waals surface area (Å²) in [5.41, 5.74) is 1.43. The smallest absolute Gasteiger partial charge is 0.411 e. The molecule has 0 aliphatic rings. The molecule has 0 unspecified atom stereocenters. The van der Waals surface area contributed by atoms with E-state index in [2.05, 4.69) is 10.6 Å². The van der Waals surface area contributed by atoms with Crippen molar-refractivity contribution in [2.24, 2.45) is 0 Å². The second-order valence-electron chi connectivity index (χ2n) is 4.72. The van der Waals surface area contributed by atoms with Crippen molar-refractivity contribution >= 4 is 35.0 Å². The van der Waals surface area contributed by atoms with Gasteiger partial charge in [-0.1, -0.05) is 11.6 Å². The molecule has 2 N–H and O–H groups in total. The van der Waals surface area contributed by atoms with Gasteiger partial charge in [0.2, 0.25) is 0 Å². The average molecular weight is 349 g/mol. The number of methoxy groups -OCH3 is 1. The first-order valence-electron chi connectivity index (χ1n) is 7.22. The molecule has 0 aliphatic heterocycles. The number of ether oxygens (including phenoxy) is 2. The maximum Gasteiger partial charge on any atom is 0.411 e. The van der Waals surface area contributed by atoms with Crippen LogP contribution in [0.3, 0.4) is 0 Å². The molecule has 0 saturated carbocycles. The number of halogens is 1. The van der Waals surface area contributed by atoms with Crippen molar-refractivity contribution in [1.29, 1.82) is 0 Å². The Morgan fingerprint density at radius 3 is 2.42 bits per heavy atom. The normalized spacial score (nSPS) is 9.96. The monoisotopic (exact) mass is 348 g/mol. The Morgan fingerprint density at radius 2 is 1.79 bits per heavy atom. The fraction of sp³-hybridized carbons (Fsp3) is 0.176. The van der Waals surface area contributed by atoms with E-state index < -0.39 is 6.09 Å². The third-order valence-electron chi connectivity index (χ3n) is 3.08. The van der Waals surface area contributed by atoms with Crippen molar-refractivity contribution in [2.45, 2.75) is 6.92 Å². The predicted octanol–water partition coefficient (Wildman–Crippen LogP) is 4.17. The predicted molar refractivity (Wildman–Crippen MR) is 93.0 cm³/mol. The molecule has 2 aromatic carbocycles. The third kappa shape index (κ3) is 4.63. The second kappa shape index (κ2) is 8.21. The summed E-state index contributed by atoms with van der Waals surface area (Å²) in [5.74, 6) is 0.187. The average Bonchev–Trinajstić information content (AvgIpc) is 2.56. The summed E-state index contributed by atoms with van der Waals surface area (Å²) in [7, 11) is 1.51. The van der Waals surface area contributed by atoms with Gasteiger partial charge in [-0.2, -0.15) is 0 Å². The Hall–Kier alpha value is -2.73. The van der Waals surface area contributed by atoms with Gasteiger partial charge < -0.3 is 14.8 Å². The number of benzene rings is 2. The quantitative estimate of drug-likeness (QED) is 0.850. The lowest BCUT2D eigenvalue weighted by molar-refractivity contribution is 0.102. The van der Waals surface area contributed by atoms with Crippen molar-refractivity contribution in [3.8, 4) is 5.75 Å². The minimum Gasteiger partial charge on any atom is -0.495 e. The molecule has 2 rings (SSSR count). The Bertz CT molecular complexity index is 732. The Labute approximate surface area is 144 Å². The summed E-state index contributed by atoms with van der Waals surface area (Å²) in [4.78, 5) is 23.6. The van der Waals surface area contributed by atoms with Crippen molar-refractivity contribution in [1.82, 2.24) is 0 Å². The minimum atomic E-state index is -0.543. The van der Waals surface area contributed by atoms with Crippen LogP contribution in [0.1, 0.15) is 17.3 Å². The SMILES string of the molecule is CCOC(=O)Nc1ccc(C(=O)Nc2cc(Cl)ccc2OC)cc1. The van der Waals surface area contributed by atoms with E-state index in [0.717, 1.165) is 0 Å². The number of anilines is 2. The first kappa shape index (κ1) is 17.6. The first-order valence-corrected chi connectivity index (χ1v) is 7.60. The summed E-state index contributed by atoms with van der Waals surface area (Å²) in [6, 6.07) is 11.4. The van der Waals surface area contributed by atoms with E-state index in [1.54, 1.807) is 49.4 Å². The zero-order valence-corrected chi connectivity index (χ0v) is 14.0. The van der Waals surface area contributed by atoms with Crippen LogP contribution in [-0.2, 0) is 4.74 Å². The molecule has 0 heterocycles. The van der Waals surface area contributed by atoms with Crippen molar-refractivity contribution in [3.63, 3.8) is 0 Å². The standard InChI is InChI=1S/C17H17ClN2O4/c1-3-24-17(22)19-13-7-4-11(5-8-13)16(21)20-14-10-12(18)6-9-15(14)23-2/h4-10H,3H2,1-2H3,(H,19,22)(H,20,21). The van der Waals surface area contributed by atoms with Crippen molar-refractivity contribution < 1.29 is 19.1 Å². The maximum atomic E-state index is 12.3. The van der Waals surface area contributed by atoms with Gasteiger partial charge in [-0.15, -0.1) is 0 Å². The molecule has 0 saturated heterocycles. The van der Waals surface area contributed by atoms with E-state index >= 15 is 0 Å². The van der Waals surface area contributed by atoms with E-state index in [4.69, 9.17) is 21.1 Å². The van der Waals surface area contributed by atoms with Gasteiger partial charge in [-0.25, -0.2) is 4.79 Å². The number of nitrogens with one attached hydrogen (secondary N) is 2. The molecule has 0 aromatic heterocycles. The minimum absolute atomic E-state index is 0.286. The number of hydrogen-bond acceptors (Lipinski definition) is 4. The lowest BCUT2D eigenvalue weighted by Crippen LogP contribution is -2.14. The summed E-state index contributed by atoms with van der Waals surface area (Å²) in [6.07, 6.45) is -0.543. The van der Waals surface area contributed by atoms with Gasteiger partial charge in [0.1, 0.15) is 5.75 Å². The fourth-order valence-electron chi connectivity index (χ4n) is 1.96. The Kier molecular flexibility index (Phi) is 6.03. The zero-order chi connectivity index (χ0) is 17.5. The maximum absolute atomic E-state index is 12.3. The summed E-state index contributed by atoms with van der Waals surface area (Å²) in [5, 5.41) is 5.78. The van der Waals surface area contributed by atoms with Crippen molar-refractivity contribution in [3.05, 3.63) is 53.1 Å². The van der Waals surface area contributed by atoms with Crippen LogP contribution in [0.5, 0.6) is 5.75 Å². The highest BCUT2D eigenvalue weighted by Gasteiger charge is 2.11. The number of carbonyl (C=O) groups excluding carboxylic acids is 2. The summed E-state index contributed by atoms with van der Waals surface area (Å²) < 4.78 is 9.97. The molecule has 24 heavy (non-hydrogen) atoms. The highest BCUT2D eigenvalue weighted by molar-refractivity contribution is 6.31. The van der Waals surface area contributed by atoms with E-state index in [9.17, 15) is 9.59 Å². The molecule has 0 atom stereocenters. The van der Waals surface area contributed by atoms with Crippen LogP contribution in [0.25, 0.3) is 0 Å². The van der Waals surface area contributed by atoms with E-state index in [1.165, 1.54) is 7.11 Å². The first-order chi connectivity index (χ1) is 11.5. The number of amides is 2. The van der Waals surface area contributed by atoms with E-state index in [0.29, 0.717) is 27.7 Å². The van der Waals surface area contributed by atoms with Crippen LogP contribution in [-0.4, -0.2) is 25.7 Å². The van der Waals surface area contributed by atoms with Gasteiger partial charge in [0.15, 0.2) is 0 Å². The lowest BCUT2D eigenvalue weighted by atomic mass is 10.2. The van der Waals surface area contributed by atoms with E-state index in [-0.39, 0.29) is 12.5 Å². The molecule has 0 fully saturated rings. The highest BCUT2D eigenvalue weighted by atomic mass is 35.5. The van der Waals surface area contributed by atoms with Crippen LogP contribution in [0.2, 0.25) is 5.02 Å². The van der Waals surface area contributed by atoms with Crippen LogP contribution < -0.4 is 15.4 Å². The Balaban J connectivity index is 2.08. The van der Waals surface area contributed by atoms with Crippen LogP contribution in [0, 0.1) is 0 Å². The van der Waals surface area contributed by atoms with Gasteiger partial charge >= 0.3 is 6.09 Å². The summed E-state index contributed by atoms with van der Waals surface area (Å²) >= 11 is 5.94. The van der Waals surface area contributed by atoms with Crippen LogP contribution in [0.4, 0.5) is 16.2 Å². The molecule has 0 spiro atoms. The van der Waals surface area contributed by atoms with Crippen LogP contribution in [0.15, 0.2) is 42.5 Å². The zero-order valence-electron chi connectivity index (χ0n) is 13.3. The van der Waals surface area contributed by atoms with Gasteiger partial charge in [0.25, 0.3) is 5.91 Å². The second-order valence-corrected chi connectivity index (χ2v) is 5.16. The molecule has 126 valence electrons. The van der Waals surface area contributed by atoms with Gasteiger partial charge in [-0.05, 0) is 49.4 Å². The molecular formula is C17H17ClN2O4. The molecular weight excluding hydrogens is 332 g/mol. The Morgan fingerprint density at radius 1 is 1.08 bits per heavy atom. The highest BCUT2D eigenvalue weighted by Crippen LogP contribution is 2.28. The third-order valence-corrected chi connectivity index (χ3v) is 3.31. The molecule has 0 bridgehead atoms. The van der Waals surface area contributed by atoms with Gasteiger partial charge in [-0.3, -0.25) is 10.1 Å². The molecule has 2 aromatic rings. The van der Waals surface area contributed by atoms with Gasteiger partial charge in [0, 0.05) is 16.3 Å². The van der Waals surface area contributed by atoms with Crippen LogP contribution >= 0.6 is 11.6 Å². The lowest BCUT2D eigenvalue weighted by Gasteiger charge is -2.11. The largest absolute Gasteiger partial charge is 0.495 e. The van der Waals surface area contributed by atoms with Crippen molar-refractivity contribution in [2.75, 3.05) is 24.4 Å². The van der Waals surface area contributed by atoms with Gasteiger partial charge in [0.05, 0.1) is 19.4 Å². The molecule has 2 amide bonds. The number of carbonyl (C=O) groups is 2. The summed E-state index contributed by atoms with van der Waals surface area (Å²) in [6.45, 7) is 2.00. The molecule has 7 heteroatoms. The number of rotatable bonds is 5. The topological polar surface area (TPSA) is 76.7 Å². The molecule has 6 nitrogen and oxygen atoms in total. The number of hydrogen-bond donors (Lipinski definition) is 2. The van der Waals surface area contributed by atoms with E-state index in [1.807, 2.05) is 0 Å².